The number of esters is 1. The van der Waals surface area contributed by atoms with Crippen LogP contribution in [0.2, 0.25) is 0 Å². The van der Waals surface area contributed by atoms with Crippen molar-refractivity contribution in [3.05, 3.63) is 35.9 Å². The molecule has 0 amide bonds. The summed E-state index contributed by atoms with van der Waals surface area (Å²) < 4.78 is 37.3. The topological polar surface area (TPSA) is 98.8 Å². The molecule has 0 spiro atoms. The number of carbonyl (C=O) groups excluding carboxylic acids is 2. The summed E-state index contributed by atoms with van der Waals surface area (Å²) in [4.78, 5) is 23.5. The molecule has 0 aliphatic heterocycles. The molecular weight excluding hydrogens is 444 g/mol. The molecule has 1 aromatic carbocycles. The summed E-state index contributed by atoms with van der Waals surface area (Å²) in [6, 6.07) is 8.28. The molecule has 9 nitrogen and oxygen atoms in total. The number of unbranched alkanes of at least 4 members (excludes halogenated alkanes) is 2. The number of Topliss-reactive ketones (excluding diaryl/α,β-unsaturated/α-hetero) is 1. The van der Waals surface area contributed by atoms with Crippen LogP contribution in [0.15, 0.2) is 30.3 Å². The van der Waals surface area contributed by atoms with Crippen LogP contribution < -0.4 is 0 Å². The summed E-state index contributed by atoms with van der Waals surface area (Å²) in [6.45, 7) is 8.15. The van der Waals surface area contributed by atoms with Gasteiger partial charge < -0.3 is 33.2 Å². The first-order valence-corrected chi connectivity index (χ1v) is 12.0. The van der Waals surface area contributed by atoms with Crippen molar-refractivity contribution < 1.29 is 42.7 Å². The summed E-state index contributed by atoms with van der Waals surface area (Å²) in [7, 11) is 0. The molecule has 1 aromatic rings. The van der Waals surface area contributed by atoms with Gasteiger partial charge in [0, 0.05) is 12.2 Å². The highest BCUT2D eigenvalue weighted by Gasteiger charge is 2.16. The van der Waals surface area contributed by atoms with Crippen LogP contribution >= 0.6 is 0 Å². The van der Waals surface area contributed by atoms with Crippen molar-refractivity contribution in [2.75, 3.05) is 85.9 Å². The fourth-order valence-electron chi connectivity index (χ4n) is 2.62. The third-order valence-corrected chi connectivity index (χ3v) is 4.43. The molecule has 0 radical (unpaired) electrons. The summed E-state index contributed by atoms with van der Waals surface area (Å²) in [5, 5.41) is 0. The predicted octanol–water partition coefficient (Wildman–Crippen LogP) is 2.70. The average Bonchev–Trinajstić information content (AvgIpc) is 2.87. The van der Waals surface area contributed by atoms with Gasteiger partial charge in [-0.3, -0.25) is 4.79 Å². The largest absolute Gasteiger partial charge is 0.457 e. The van der Waals surface area contributed by atoms with Crippen LogP contribution in [0.1, 0.15) is 36.5 Å². The van der Waals surface area contributed by atoms with Gasteiger partial charge in [0.1, 0.15) is 6.61 Å². The zero-order valence-electron chi connectivity index (χ0n) is 20.4. The van der Waals surface area contributed by atoms with Gasteiger partial charge in [-0.05, 0) is 6.42 Å². The highest BCUT2D eigenvalue weighted by molar-refractivity contribution is 6.40. The van der Waals surface area contributed by atoms with Crippen molar-refractivity contribution in [3.8, 4) is 0 Å². The minimum atomic E-state index is -0.887. The summed E-state index contributed by atoms with van der Waals surface area (Å²) in [5.74, 6) is -1.55. The van der Waals surface area contributed by atoms with Crippen LogP contribution in [0.5, 0.6) is 0 Å². The zero-order chi connectivity index (χ0) is 24.5. The highest BCUT2D eigenvalue weighted by atomic mass is 16.6. The first kappa shape index (κ1) is 30.2. The molecular formula is C25H40O9. The highest BCUT2D eigenvalue weighted by Crippen LogP contribution is 2.01. The Kier molecular flexibility index (Phi) is 20.3. The van der Waals surface area contributed by atoms with E-state index >= 15 is 0 Å². The molecule has 0 N–H and O–H groups in total. The van der Waals surface area contributed by atoms with Crippen LogP contribution in [0.4, 0.5) is 0 Å². The fourth-order valence-corrected chi connectivity index (χ4v) is 2.62. The Hall–Kier alpha value is -1.88. The normalized spacial score (nSPS) is 11.0. The predicted molar refractivity (Wildman–Crippen MR) is 126 cm³/mol. The summed E-state index contributed by atoms with van der Waals surface area (Å²) in [5.41, 5.74) is 0.305. The van der Waals surface area contributed by atoms with E-state index in [9.17, 15) is 9.59 Å². The van der Waals surface area contributed by atoms with Crippen molar-refractivity contribution in [1.82, 2.24) is 0 Å². The molecule has 0 saturated heterocycles. The lowest BCUT2D eigenvalue weighted by Gasteiger charge is -2.08. The second kappa shape index (κ2) is 22.9. The van der Waals surface area contributed by atoms with Gasteiger partial charge >= 0.3 is 5.97 Å². The number of carbonyl (C=O) groups is 2. The third kappa shape index (κ3) is 17.6. The lowest BCUT2D eigenvalue weighted by atomic mass is 10.1. The van der Waals surface area contributed by atoms with Gasteiger partial charge in [-0.2, -0.15) is 0 Å². The summed E-state index contributed by atoms with van der Waals surface area (Å²) >= 11 is 0. The van der Waals surface area contributed by atoms with Gasteiger partial charge in [-0.15, -0.1) is 0 Å². The molecule has 0 aromatic heterocycles. The third-order valence-electron chi connectivity index (χ3n) is 4.43. The Morgan fingerprint density at radius 2 is 0.971 bits per heavy atom. The molecule has 0 saturated carbocycles. The SMILES string of the molecule is CCCCCOCCOCCOCCOCCOCCOCCOC(=O)C(=O)c1ccccc1. The molecule has 9 heteroatoms. The molecule has 0 aliphatic carbocycles. The van der Waals surface area contributed by atoms with Crippen LogP contribution in [0.25, 0.3) is 0 Å². The molecule has 194 valence electrons. The van der Waals surface area contributed by atoms with Gasteiger partial charge in [-0.1, -0.05) is 50.1 Å². The molecule has 1 rings (SSSR count). The lowest BCUT2D eigenvalue weighted by Crippen LogP contribution is -2.20. The van der Waals surface area contributed by atoms with E-state index in [0.717, 1.165) is 13.0 Å². The van der Waals surface area contributed by atoms with Crippen molar-refractivity contribution in [2.24, 2.45) is 0 Å². The van der Waals surface area contributed by atoms with Crippen LogP contribution in [-0.4, -0.2) is 97.6 Å². The van der Waals surface area contributed by atoms with E-state index in [-0.39, 0.29) is 13.2 Å². The van der Waals surface area contributed by atoms with Gasteiger partial charge in [0.2, 0.25) is 0 Å². The Morgan fingerprint density at radius 1 is 0.559 bits per heavy atom. The fraction of sp³-hybridized carbons (Fsp3) is 0.680. The first-order valence-electron chi connectivity index (χ1n) is 12.0. The Labute approximate surface area is 202 Å². The van der Waals surface area contributed by atoms with Gasteiger partial charge in [0.15, 0.2) is 0 Å². The Morgan fingerprint density at radius 3 is 1.41 bits per heavy atom. The molecule has 0 fully saturated rings. The maximum absolute atomic E-state index is 11.8. The summed E-state index contributed by atoms with van der Waals surface area (Å²) in [6.07, 6.45) is 3.52. The minimum absolute atomic E-state index is 0.0123. The van der Waals surface area contributed by atoms with Crippen molar-refractivity contribution in [2.45, 2.75) is 26.2 Å². The quantitative estimate of drug-likeness (QED) is 0.0949. The number of ketones is 1. The number of hydrogen-bond donors (Lipinski definition) is 0. The maximum Gasteiger partial charge on any atom is 0.379 e. The Balaban J connectivity index is 1.74. The molecule has 0 heterocycles. The zero-order valence-corrected chi connectivity index (χ0v) is 20.4. The lowest BCUT2D eigenvalue weighted by molar-refractivity contribution is -0.139. The average molecular weight is 485 g/mol. The number of ether oxygens (including phenoxy) is 7. The Bertz CT molecular complexity index is 610. The van der Waals surface area contributed by atoms with Crippen molar-refractivity contribution in [1.29, 1.82) is 0 Å². The smallest absolute Gasteiger partial charge is 0.379 e. The number of rotatable bonds is 24. The van der Waals surface area contributed by atoms with E-state index in [0.29, 0.717) is 71.6 Å². The standard InChI is InChI=1S/C25H40O9/c1-2-3-7-10-28-11-12-29-13-14-30-15-16-31-17-18-32-19-20-33-21-22-34-25(27)24(26)23-8-5-4-6-9-23/h4-6,8-9H,2-3,7,10-22H2,1H3. The van der Waals surface area contributed by atoms with E-state index in [2.05, 4.69) is 6.92 Å². The first-order chi connectivity index (χ1) is 16.8. The van der Waals surface area contributed by atoms with Gasteiger partial charge in [0.25, 0.3) is 5.78 Å². The molecule has 0 bridgehead atoms. The van der Waals surface area contributed by atoms with Crippen LogP contribution in [0.3, 0.4) is 0 Å². The van der Waals surface area contributed by atoms with Crippen molar-refractivity contribution >= 4 is 11.8 Å². The number of hydrogen-bond acceptors (Lipinski definition) is 9. The van der Waals surface area contributed by atoms with Gasteiger partial charge in [0.05, 0.1) is 72.7 Å². The minimum Gasteiger partial charge on any atom is -0.457 e. The maximum atomic E-state index is 11.8. The van der Waals surface area contributed by atoms with E-state index in [1.54, 1.807) is 30.3 Å². The second-order valence-corrected chi connectivity index (χ2v) is 7.21. The second-order valence-electron chi connectivity index (χ2n) is 7.21. The van der Waals surface area contributed by atoms with Crippen LogP contribution in [0, 0.1) is 0 Å². The van der Waals surface area contributed by atoms with E-state index in [4.69, 9.17) is 33.2 Å². The van der Waals surface area contributed by atoms with E-state index in [1.165, 1.54) is 12.8 Å². The molecule has 0 aliphatic rings. The molecule has 34 heavy (non-hydrogen) atoms. The monoisotopic (exact) mass is 484 g/mol. The number of benzene rings is 1. The van der Waals surface area contributed by atoms with Gasteiger partial charge in [-0.25, -0.2) is 4.79 Å². The van der Waals surface area contributed by atoms with Crippen LogP contribution in [-0.2, 0) is 38.0 Å². The van der Waals surface area contributed by atoms with E-state index in [1.807, 2.05) is 0 Å². The molecule has 0 atom stereocenters. The van der Waals surface area contributed by atoms with E-state index < -0.39 is 11.8 Å². The molecule has 0 unspecified atom stereocenters. The van der Waals surface area contributed by atoms with Crippen molar-refractivity contribution in [3.63, 3.8) is 0 Å².